The van der Waals surface area contributed by atoms with Gasteiger partial charge in [-0.15, -0.1) is 11.3 Å². The lowest BCUT2D eigenvalue weighted by Gasteiger charge is -2.32. The normalized spacial score (nSPS) is 16.0. The summed E-state index contributed by atoms with van der Waals surface area (Å²) in [5, 5.41) is 10.1. The molecule has 1 atom stereocenters. The number of pyridine rings is 2. The van der Waals surface area contributed by atoms with Gasteiger partial charge in [0.1, 0.15) is 5.82 Å². The summed E-state index contributed by atoms with van der Waals surface area (Å²) in [6.07, 6.45) is 5.03. The molecule has 0 bridgehead atoms. The molecule has 5 heterocycles. The zero-order valence-corrected chi connectivity index (χ0v) is 19.6. The molecule has 1 aliphatic rings. The van der Waals surface area contributed by atoms with E-state index in [2.05, 4.69) is 31.3 Å². The van der Waals surface area contributed by atoms with Crippen LogP contribution in [-0.4, -0.2) is 44.7 Å². The Hall–Kier alpha value is -3.79. The quantitative estimate of drug-likeness (QED) is 0.442. The van der Waals surface area contributed by atoms with Crippen LogP contribution in [0.5, 0.6) is 0 Å². The van der Waals surface area contributed by atoms with Crippen LogP contribution in [0.4, 0.5) is 11.5 Å². The third-order valence-corrected chi connectivity index (χ3v) is 6.88. The Morgan fingerprint density at radius 3 is 2.88 bits per heavy atom. The highest BCUT2D eigenvalue weighted by molar-refractivity contribution is 7.09. The Morgan fingerprint density at radius 1 is 1.26 bits per heavy atom. The van der Waals surface area contributed by atoms with E-state index in [1.54, 1.807) is 29.8 Å². The van der Waals surface area contributed by atoms with E-state index in [0.717, 1.165) is 30.9 Å². The zero-order valence-electron chi connectivity index (χ0n) is 18.8. The summed E-state index contributed by atoms with van der Waals surface area (Å²) < 4.78 is 1.82. The molecule has 9 nitrogen and oxygen atoms in total. The molecule has 0 saturated carbocycles. The van der Waals surface area contributed by atoms with E-state index < -0.39 is 0 Å². The second-order valence-corrected chi connectivity index (χ2v) is 9.51. The number of rotatable bonds is 6. The van der Waals surface area contributed by atoms with Crippen molar-refractivity contribution in [1.82, 2.24) is 19.7 Å². The molecule has 0 radical (unpaired) electrons. The SMILES string of the molecule is Cc1cc(C(=O)Nc2ccc(N3CCCC(C(N)=O)C3)nc2)c2cnn(Cc3cccs3)c2n1. The van der Waals surface area contributed by atoms with Crippen LogP contribution >= 0.6 is 11.3 Å². The minimum Gasteiger partial charge on any atom is -0.369 e. The Kier molecular flexibility index (Phi) is 5.97. The first-order valence-corrected chi connectivity index (χ1v) is 12.0. The third kappa shape index (κ3) is 4.49. The van der Waals surface area contributed by atoms with Crippen LogP contribution in [0.15, 0.2) is 48.1 Å². The number of nitrogens with zero attached hydrogens (tertiary/aromatic N) is 5. The first-order chi connectivity index (χ1) is 16.5. The molecular formula is C24H25N7O2S. The molecule has 0 aromatic carbocycles. The minimum atomic E-state index is -0.272. The van der Waals surface area contributed by atoms with Crippen LogP contribution in [0.2, 0.25) is 0 Å². The molecule has 1 aliphatic heterocycles. The molecule has 0 aliphatic carbocycles. The summed E-state index contributed by atoms with van der Waals surface area (Å²) in [7, 11) is 0. The van der Waals surface area contributed by atoms with Crippen molar-refractivity contribution in [3.63, 3.8) is 0 Å². The lowest BCUT2D eigenvalue weighted by molar-refractivity contribution is -0.122. The highest BCUT2D eigenvalue weighted by Gasteiger charge is 2.25. The van der Waals surface area contributed by atoms with Crippen molar-refractivity contribution < 1.29 is 9.59 Å². The number of carbonyl (C=O) groups excluding carboxylic acids is 2. The molecule has 3 N–H and O–H groups in total. The van der Waals surface area contributed by atoms with Gasteiger partial charge >= 0.3 is 0 Å². The Bertz CT molecular complexity index is 1330. The summed E-state index contributed by atoms with van der Waals surface area (Å²) in [5.41, 5.74) is 8.02. The fourth-order valence-corrected chi connectivity index (χ4v) is 4.98. The van der Waals surface area contributed by atoms with Crippen LogP contribution in [0.1, 0.15) is 33.8 Å². The average molecular weight is 476 g/mol. The number of carbonyl (C=O) groups is 2. The molecule has 1 fully saturated rings. The molecule has 1 unspecified atom stereocenters. The lowest BCUT2D eigenvalue weighted by Crippen LogP contribution is -2.41. The fourth-order valence-electron chi connectivity index (χ4n) is 4.29. The Balaban J connectivity index is 1.33. The molecule has 1 saturated heterocycles. The van der Waals surface area contributed by atoms with Crippen molar-refractivity contribution in [2.45, 2.75) is 26.3 Å². The average Bonchev–Trinajstić information content (AvgIpc) is 3.50. The third-order valence-electron chi connectivity index (χ3n) is 6.02. The van der Waals surface area contributed by atoms with Crippen molar-refractivity contribution >= 4 is 45.7 Å². The largest absolute Gasteiger partial charge is 0.369 e. The van der Waals surface area contributed by atoms with Gasteiger partial charge in [-0.25, -0.2) is 14.6 Å². The number of aromatic nitrogens is 4. The number of hydrogen-bond acceptors (Lipinski definition) is 7. The molecular weight excluding hydrogens is 450 g/mol. The van der Waals surface area contributed by atoms with Gasteiger partial charge in [-0.3, -0.25) is 9.59 Å². The number of hydrogen-bond donors (Lipinski definition) is 2. The number of anilines is 2. The maximum Gasteiger partial charge on any atom is 0.256 e. The second-order valence-electron chi connectivity index (χ2n) is 8.48. The van der Waals surface area contributed by atoms with Crippen LogP contribution in [0.3, 0.4) is 0 Å². The molecule has 4 aromatic heterocycles. The van der Waals surface area contributed by atoms with Gasteiger partial charge < -0.3 is 16.0 Å². The first kappa shape index (κ1) is 22.0. The van der Waals surface area contributed by atoms with E-state index in [1.807, 2.05) is 35.2 Å². The van der Waals surface area contributed by atoms with Crippen LogP contribution in [0, 0.1) is 12.8 Å². The van der Waals surface area contributed by atoms with Gasteiger partial charge in [-0.2, -0.15) is 5.10 Å². The Morgan fingerprint density at radius 2 is 2.15 bits per heavy atom. The number of nitrogens with two attached hydrogens (primary N) is 1. The summed E-state index contributed by atoms with van der Waals surface area (Å²) in [5.74, 6) is 0.0905. The van der Waals surface area contributed by atoms with Gasteiger partial charge in [0.15, 0.2) is 5.65 Å². The lowest BCUT2D eigenvalue weighted by atomic mass is 9.97. The second kappa shape index (κ2) is 9.22. The van der Waals surface area contributed by atoms with Crippen molar-refractivity contribution in [2.24, 2.45) is 11.7 Å². The molecule has 2 amide bonds. The first-order valence-electron chi connectivity index (χ1n) is 11.1. The van der Waals surface area contributed by atoms with Gasteiger partial charge in [-0.05, 0) is 49.4 Å². The van der Waals surface area contributed by atoms with Crippen LogP contribution in [-0.2, 0) is 11.3 Å². The van der Waals surface area contributed by atoms with E-state index in [1.165, 1.54) is 4.88 Å². The predicted molar refractivity (Wildman–Crippen MR) is 132 cm³/mol. The van der Waals surface area contributed by atoms with Gasteiger partial charge in [0.2, 0.25) is 5.91 Å². The number of primary amides is 1. The smallest absolute Gasteiger partial charge is 0.256 e. The molecule has 4 aromatic rings. The summed E-state index contributed by atoms with van der Waals surface area (Å²) in [4.78, 5) is 37.1. The predicted octanol–water partition coefficient (Wildman–Crippen LogP) is 3.20. The molecule has 10 heteroatoms. The fraction of sp³-hybridized carbons (Fsp3) is 0.292. The summed E-state index contributed by atoms with van der Waals surface area (Å²) in [6, 6.07) is 9.50. The topological polar surface area (TPSA) is 119 Å². The van der Waals surface area contributed by atoms with Crippen molar-refractivity contribution in [1.29, 1.82) is 0 Å². The van der Waals surface area contributed by atoms with Crippen molar-refractivity contribution in [3.05, 3.63) is 64.2 Å². The maximum absolute atomic E-state index is 13.1. The molecule has 5 rings (SSSR count). The van der Waals surface area contributed by atoms with Crippen molar-refractivity contribution in [3.8, 4) is 0 Å². The van der Waals surface area contributed by atoms with Gasteiger partial charge in [-0.1, -0.05) is 6.07 Å². The molecule has 0 spiro atoms. The number of aryl methyl sites for hydroxylation is 1. The number of piperidine rings is 1. The summed E-state index contributed by atoms with van der Waals surface area (Å²) in [6.45, 7) is 3.87. The standard InChI is InChI=1S/C24H25N7O2S/c1-15-10-19(20-12-27-31(23(20)28-15)14-18-5-3-9-34-18)24(33)29-17-6-7-21(26-11-17)30-8-2-4-16(13-30)22(25)32/h3,5-7,9-12,16H,2,4,8,13-14H2,1H3,(H2,25,32)(H,29,33). The Labute approximate surface area is 200 Å². The number of amides is 2. The number of fused-ring (bicyclic) bond motifs is 1. The van der Waals surface area contributed by atoms with E-state index in [9.17, 15) is 9.59 Å². The number of thiophene rings is 1. The monoisotopic (exact) mass is 475 g/mol. The van der Waals surface area contributed by atoms with Gasteiger partial charge in [0.05, 0.1) is 41.5 Å². The van der Waals surface area contributed by atoms with Crippen molar-refractivity contribution in [2.75, 3.05) is 23.3 Å². The minimum absolute atomic E-state index is 0.159. The van der Waals surface area contributed by atoms with Crippen LogP contribution in [0.25, 0.3) is 11.0 Å². The van der Waals surface area contributed by atoms with Crippen LogP contribution < -0.4 is 16.0 Å². The highest BCUT2D eigenvalue weighted by atomic mass is 32.1. The molecule has 34 heavy (non-hydrogen) atoms. The summed E-state index contributed by atoms with van der Waals surface area (Å²) >= 11 is 1.66. The van der Waals surface area contributed by atoms with Gasteiger partial charge in [0, 0.05) is 23.7 Å². The highest BCUT2D eigenvalue weighted by Crippen LogP contribution is 2.24. The number of nitrogens with one attached hydrogen (secondary N) is 1. The maximum atomic E-state index is 13.1. The van der Waals surface area contributed by atoms with E-state index in [-0.39, 0.29) is 17.7 Å². The molecule has 174 valence electrons. The van der Waals surface area contributed by atoms with E-state index in [4.69, 9.17) is 5.73 Å². The van der Waals surface area contributed by atoms with E-state index >= 15 is 0 Å². The van der Waals surface area contributed by atoms with Gasteiger partial charge in [0.25, 0.3) is 5.91 Å². The zero-order chi connectivity index (χ0) is 23.7. The van der Waals surface area contributed by atoms with E-state index in [0.29, 0.717) is 35.4 Å².